The Labute approximate surface area is 148 Å². The minimum absolute atomic E-state index is 0.0353. The van der Waals surface area contributed by atoms with Gasteiger partial charge in [0.2, 0.25) is 0 Å². The van der Waals surface area contributed by atoms with E-state index in [1.54, 1.807) is 6.07 Å². The van der Waals surface area contributed by atoms with E-state index in [4.69, 9.17) is 9.47 Å². The molecule has 0 aromatic heterocycles. The minimum Gasteiger partial charge on any atom is -0.488 e. The second-order valence-electron chi connectivity index (χ2n) is 5.47. The number of unbranched alkanes of at least 4 members (excludes halogenated alkanes) is 1. The van der Waals surface area contributed by atoms with Gasteiger partial charge in [0, 0.05) is 5.56 Å². The van der Waals surface area contributed by atoms with Gasteiger partial charge < -0.3 is 9.47 Å². The van der Waals surface area contributed by atoms with E-state index in [1.807, 2.05) is 61.5 Å². The van der Waals surface area contributed by atoms with Crippen LogP contribution in [0.3, 0.4) is 0 Å². The molecule has 0 aliphatic heterocycles. The fourth-order valence-corrected chi connectivity index (χ4v) is 2.15. The van der Waals surface area contributed by atoms with Crippen LogP contribution < -0.4 is 4.74 Å². The zero-order valence-electron chi connectivity index (χ0n) is 14.3. The molecule has 0 amide bonds. The van der Waals surface area contributed by atoms with Crippen molar-refractivity contribution in [2.24, 2.45) is 0 Å². The molecule has 0 unspecified atom stereocenters. The molecule has 0 atom stereocenters. The molecule has 25 heavy (non-hydrogen) atoms. The van der Waals surface area contributed by atoms with E-state index in [2.05, 4.69) is 0 Å². The molecule has 0 saturated carbocycles. The van der Waals surface area contributed by atoms with Crippen molar-refractivity contribution in [3.63, 3.8) is 0 Å². The van der Waals surface area contributed by atoms with Crippen LogP contribution in [0.4, 0.5) is 0 Å². The molecule has 0 saturated heterocycles. The van der Waals surface area contributed by atoms with Crippen molar-refractivity contribution >= 4 is 12.0 Å². The summed E-state index contributed by atoms with van der Waals surface area (Å²) < 4.78 is 10.9. The second-order valence-corrected chi connectivity index (χ2v) is 5.47. The smallest absolute Gasteiger partial charge is 0.348 e. The molecule has 0 fully saturated rings. The van der Waals surface area contributed by atoms with Crippen LogP contribution >= 0.6 is 0 Å². The van der Waals surface area contributed by atoms with Crippen molar-refractivity contribution in [3.05, 3.63) is 71.3 Å². The van der Waals surface area contributed by atoms with Crippen molar-refractivity contribution < 1.29 is 14.3 Å². The molecule has 0 radical (unpaired) electrons. The van der Waals surface area contributed by atoms with Crippen molar-refractivity contribution in [2.45, 2.75) is 26.4 Å². The summed E-state index contributed by atoms with van der Waals surface area (Å²) in [5, 5.41) is 9.25. The van der Waals surface area contributed by atoms with Gasteiger partial charge in [-0.3, -0.25) is 0 Å². The number of hydrogen-bond donors (Lipinski definition) is 0. The normalized spacial score (nSPS) is 10.8. The monoisotopic (exact) mass is 335 g/mol. The summed E-state index contributed by atoms with van der Waals surface area (Å²) in [6, 6.07) is 19.0. The molecule has 2 aromatic carbocycles. The number of benzene rings is 2. The third-order valence-corrected chi connectivity index (χ3v) is 3.53. The lowest BCUT2D eigenvalue weighted by Gasteiger charge is -2.10. The van der Waals surface area contributed by atoms with Gasteiger partial charge in [-0.05, 0) is 24.1 Å². The quantitative estimate of drug-likeness (QED) is 0.308. The van der Waals surface area contributed by atoms with Crippen LogP contribution in [0.25, 0.3) is 6.08 Å². The first-order chi connectivity index (χ1) is 12.2. The number of ether oxygens (including phenoxy) is 2. The molecule has 4 nitrogen and oxygen atoms in total. The fraction of sp³-hybridized carbons (Fsp3) is 0.238. The molecule has 2 aromatic rings. The maximum absolute atomic E-state index is 12.0. The van der Waals surface area contributed by atoms with Crippen molar-refractivity contribution in [2.75, 3.05) is 6.61 Å². The Morgan fingerprint density at radius 3 is 2.56 bits per heavy atom. The van der Waals surface area contributed by atoms with Gasteiger partial charge in [0.15, 0.2) is 0 Å². The van der Waals surface area contributed by atoms with Gasteiger partial charge in [0.05, 0.1) is 6.61 Å². The van der Waals surface area contributed by atoms with Gasteiger partial charge in [0.1, 0.15) is 24.0 Å². The van der Waals surface area contributed by atoms with E-state index in [9.17, 15) is 10.1 Å². The lowest BCUT2D eigenvalue weighted by Crippen LogP contribution is -2.08. The summed E-state index contributed by atoms with van der Waals surface area (Å²) in [5.74, 6) is 0.00859. The standard InChI is InChI=1S/C21H21NO3/c1-2-3-13-24-21(23)19(15-22)14-18-11-7-8-12-20(18)25-16-17-9-5-4-6-10-17/h4-12,14H,2-3,13,16H2,1H3/b19-14+. The number of nitriles is 1. The van der Waals surface area contributed by atoms with Gasteiger partial charge in [0.25, 0.3) is 0 Å². The number of nitrogens with zero attached hydrogens (tertiary/aromatic N) is 1. The van der Waals surface area contributed by atoms with Crippen molar-refractivity contribution in [3.8, 4) is 11.8 Å². The Kier molecular flexibility index (Phi) is 7.27. The molecule has 0 bridgehead atoms. The Morgan fingerprint density at radius 1 is 1.12 bits per heavy atom. The maximum Gasteiger partial charge on any atom is 0.348 e. The van der Waals surface area contributed by atoms with E-state index in [0.29, 0.717) is 24.5 Å². The van der Waals surface area contributed by atoms with Crippen LogP contribution in [0.2, 0.25) is 0 Å². The molecule has 128 valence electrons. The van der Waals surface area contributed by atoms with Crippen LogP contribution in [0.5, 0.6) is 5.75 Å². The number of para-hydroxylation sites is 1. The number of hydrogen-bond acceptors (Lipinski definition) is 4. The van der Waals surface area contributed by atoms with Gasteiger partial charge >= 0.3 is 5.97 Å². The third-order valence-electron chi connectivity index (χ3n) is 3.53. The molecule has 0 aliphatic rings. The summed E-state index contributed by atoms with van der Waals surface area (Å²) in [6.45, 7) is 2.74. The topological polar surface area (TPSA) is 59.3 Å². The largest absolute Gasteiger partial charge is 0.488 e. The number of rotatable bonds is 8. The minimum atomic E-state index is -0.603. The number of esters is 1. The van der Waals surface area contributed by atoms with Crippen molar-refractivity contribution in [1.29, 1.82) is 5.26 Å². The van der Waals surface area contributed by atoms with Crippen LogP contribution in [-0.4, -0.2) is 12.6 Å². The third kappa shape index (κ3) is 5.82. The summed E-state index contributed by atoms with van der Waals surface area (Å²) in [4.78, 5) is 12.0. The molecular formula is C21H21NO3. The van der Waals surface area contributed by atoms with Crippen LogP contribution in [0.1, 0.15) is 30.9 Å². The first-order valence-corrected chi connectivity index (χ1v) is 8.29. The average molecular weight is 335 g/mol. The molecule has 0 N–H and O–H groups in total. The highest BCUT2D eigenvalue weighted by molar-refractivity contribution is 5.98. The molecule has 0 spiro atoms. The van der Waals surface area contributed by atoms with E-state index in [-0.39, 0.29) is 5.57 Å². The summed E-state index contributed by atoms with van der Waals surface area (Å²) in [5.41, 5.74) is 1.68. The zero-order chi connectivity index (χ0) is 17.9. The molecular weight excluding hydrogens is 314 g/mol. The predicted octanol–water partition coefficient (Wildman–Crippen LogP) is 4.52. The lowest BCUT2D eigenvalue weighted by atomic mass is 10.1. The van der Waals surface area contributed by atoms with Crippen LogP contribution in [0, 0.1) is 11.3 Å². The molecule has 0 aliphatic carbocycles. The molecule has 0 heterocycles. The summed E-state index contributed by atoms with van der Waals surface area (Å²) in [6.07, 6.45) is 3.21. The Hall–Kier alpha value is -3.06. The molecule has 4 heteroatoms. The van der Waals surface area contributed by atoms with E-state index < -0.39 is 5.97 Å². The van der Waals surface area contributed by atoms with E-state index in [0.717, 1.165) is 18.4 Å². The average Bonchev–Trinajstić information content (AvgIpc) is 2.66. The lowest BCUT2D eigenvalue weighted by molar-refractivity contribution is -0.138. The highest BCUT2D eigenvalue weighted by Gasteiger charge is 2.12. The number of carbonyl (C=O) groups is 1. The van der Waals surface area contributed by atoms with Crippen LogP contribution in [0.15, 0.2) is 60.2 Å². The highest BCUT2D eigenvalue weighted by Crippen LogP contribution is 2.22. The fourth-order valence-electron chi connectivity index (χ4n) is 2.15. The van der Waals surface area contributed by atoms with Gasteiger partial charge in [-0.1, -0.05) is 61.9 Å². The van der Waals surface area contributed by atoms with Gasteiger partial charge in [-0.25, -0.2) is 4.79 Å². The van der Waals surface area contributed by atoms with Crippen LogP contribution in [-0.2, 0) is 16.1 Å². The SMILES string of the molecule is CCCCOC(=O)/C(C#N)=C/c1ccccc1OCc1ccccc1. The van der Waals surface area contributed by atoms with E-state index in [1.165, 1.54) is 6.08 Å². The Morgan fingerprint density at radius 2 is 1.84 bits per heavy atom. The second kappa shape index (κ2) is 9.94. The highest BCUT2D eigenvalue weighted by atomic mass is 16.5. The van der Waals surface area contributed by atoms with E-state index >= 15 is 0 Å². The predicted molar refractivity (Wildman–Crippen MR) is 96.7 cm³/mol. The van der Waals surface area contributed by atoms with Gasteiger partial charge in [-0.2, -0.15) is 5.26 Å². The first-order valence-electron chi connectivity index (χ1n) is 8.29. The Bertz CT molecular complexity index is 760. The first kappa shape index (κ1) is 18.3. The number of carbonyl (C=O) groups excluding carboxylic acids is 1. The summed E-state index contributed by atoms with van der Waals surface area (Å²) in [7, 11) is 0. The van der Waals surface area contributed by atoms with Gasteiger partial charge in [-0.15, -0.1) is 0 Å². The summed E-state index contributed by atoms with van der Waals surface area (Å²) >= 11 is 0. The maximum atomic E-state index is 12.0. The molecule has 2 rings (SSSR count). The zero-order valence-corrected chi connectivity index (χ0v) is 14.3. The Balaban J connectivity index is 2.12. The van der Waals surface area contributed by atoms with Crippen molar-refractivity contribution in [1.82, 2.24) is 0 Å².